The van der Waals surface area contributed by atoms with Crippen LogP contribution in [0.3, 0.4) is 0 Å². The molecule has 1 aliphatic heterocycles. The maximum Gasteiger partial charge on any atom is 0.255 e. The number of halogens is 1. The quantitative estimate of drug-likeness (QED) is 0.575. The van der Waals surface area contributed by atoms with Crippen LogP contribution in [0, 0.1) is 5.82 Å². The standard InChI is InChI=1S/C24H20FN3OS/c1-16-21(23(29)26-19-8-4-2-5-9-19)22(17-12-14-18(25)15-13-17)27-24(30)28(16)20-10-6-3-7-11-20/h2-15,22H,1H3,(H,26,29)(H,27,30). The molecule has 1 aliphatic rings. The second-order valence-corrected chi connectivity index (χ2v) is 7.31. The van der Waals surface area contributed by atoms with Gasteiger partial charge in [-0.15, -0.1) is 0 Å². The molecule has 3 aromatic rings. The van der Waals surface area contributed by atoms with Crippen molar-refractivity contribution in [1.29, 1.82) is 0 Å². The van der Waals surface area contributed by atoms with E-state index in [1.54, 1.807) is 12.1 Å². The van der Waals surface area contributed by atoms with E-state index in [1.807, 2.05) is 72.5 Å². The summed E-state index contributed by atoms with van der Waals surface area (Å²) in [5, 5.41) is 6.70. The van der Waals surface area contributed by atoms with E-state index in [0.29, 0.717) is 22.1 Å². The van der Waals surface area contributed by atoms with Crippen molar-refractivity contribution in [1.82, 2.24) is 5.32 Å². The fourth-order valence-electron chi connectivity index (χ4n) is 3.55. The Hall–Kier alpha value is -3.51. The third-order valence-electron chi connectivity index (χ3n) is 4.98. The first-order valence-corrected chi connectivity index (χ1v) is 9.94. The van der Waals surface area contributed by atoms with E-state index in [9.17, 15) is 9.18 Å². The van der Waals surface area contributed by atoms with Crippen LogP contribution in [0.1, 0.15) is 18.5 Å². The Bertz CT molecular complexity index is 1100. The second kappa shape index (κ2) is 8.47. The molecule has 0 aromatic heterocycles. The lowest BCUT2D eigenvalue weighted by Gasteiger charge is -2.38. The first-order valence-electron chi connectivity index (χ1n) is 9.53. The number of carbonyl (C=O) groups excluding carboxylic acids is 1. The molecule has 4 rings (SSSR count). The van der Waals surface area contributed by atoms with Crippen LogP contribution in [0.5, 0.6) is 0 Å². The summed E-state index contributed by atoms with van der Waals surface area (Å²) in [6.07, 6.45) is 0. The fourth-order valence-corrected chi connectivity index (χ4v) is 3.91. The van der Waals surface area contributed by atoms with Gasteiger partial charge in [0.25, 0.3) is 5.91 Å². The summed E-state index contributed by atoms with van der Waals surface area (Å²) in [4.78, 5) is 15.2. The van der Waals surface area contributed by atoms with Crippen LogP contribution in [0.4, 0.5) is 15.8 Å². The van der Waals surface area contributed by atoms with Gasteiger partial charge in [0.15, 0.2) is 5.11 Å². The highest BCUT2D eigenvalue weighted by molar-refractivity contribution is 7.80. The Kier molecular flexibility index (Phi) is 5.59. The molecule has 0 saturated carbocycles. The maximum absolute atomic E-state index is 13.5. The van der Waals surface area contributed by atoms with Crippen molar-refractivity contribution in [2.24, 2.45) is 0 Å². The number of benzene rings is 3. The molecule has 1 amide bonds. The van der Waals surface area contributed by atoms with Crippen LogP contribution in [-0.2, 0) is 4.79 Å². The average Bonchev–Trinajstić information content (AvgIpc) is 2.75. The molecule has 4 nitrogen and oxygen atoms in total. The van der Waals surface area contributed by atoms with Gasteiger partial charge in [0, 0.05) is 17.1 Å². The second-order valence-electron chi connectivity index (χ2n) is 6.92. The Morgan fingerprint density at radius 1 is 0.967 bits per heavy atom. The summed E-state index contributed by atoms with van der Waals surface area (Å²) in [7, 11) is 0. The van der Waals surface area contributed by atoms with Crippen LogP contribution in [-0.4, -0.2) is 11.0 Å². The van der Waals surface area contributed by atoms with Crippen molar-refractivity contribution >= 4 is 34.6 Å². The number of rotatable bonds is 4. The molecule has 150 valence electrons. The van der Waals surface area contributed by atoms with Crippen molar-refractivity contribution in [3.63, 3.8) is 0 Å². The Morgan fingerprint density at radius 2 is 1.57 bits per heavy atom. The minimum absolute atomic E-state index is 0.246. The summed E-state index contributed by atoms with van der Waals surface area (Å²) in [6.45, 7) is 1.87. The van der Waals surface area contributed by atoms with Crippen molar-refractivity contribution in [2.75, 3.05) is 10.2 Å². The van der Waals surface area contributed by atoms with E-state index in [-0.39, 0.29) is 11.7 Å². The maximum atomic E-state index is 13.5. The molecule has 0 saturated heterocycles. The largest absolute Gasteiger partial charge is 0.351 e. The highest BCUT2D eigenvalue weighted by Crippen LogP contribution is 2.34. The number of hydrogen-bond acceptors (Lipinski definition) is 2. The number of amides is 1. The zero-order valence-electron chi connectivity index (χ0n) is 16.3. The van der Waals surface area contributed by atoms with Crippen molar-refractivity contribution < 1.29 is 9.18 Å². The zero-order valence-corrected chi connectivity index (χ0v) is 17.1. The number of anilines is 2. The molecule has 1 unspecified atom stereocenters. The summed E-state index contributed by atoms with van der Waals surface area (Å²) in [6, 6.07) is 24.5. The molecule has 0 aliphatic carbocycles. The number of nitrogens with one attached hydrogen (secondary N) is 2. The predicted octanol–water partition coefficient (Wildman–Crippen LogP) is 5.17. The normalized spacial score (nSPS) is 16.3. The fraction of sp³-hybridized carbons (Fsp3) is 0.0833. The van der Waals surface area contributed by atoms with Crippen molar-refractivity contribution in [3.05, 3.63) is 108 Å². The van der Waals surface area contributed by atoms with Gasteiger partial charge < -0.3 is 10.6 Å². The molecule has 0 radical (unpaired) electrons. The zero-order chi connectivity index (χ0) is 21.1. The van der Waals surface area contributed by atoms with E-state index >= 15 is 0 Å². The Labute approximate surface area is 180 Å². The molecule has 0 spiro atoms. The Morgan fingerprint density at radius 3 is 2.20 bits per heavy atom. The van der Waals surface area contributed by atoms with E-state index in [1.165, 1.54) is 12.1 Å². The molecule has 0 bridgehead atoms. The molecule has 3 aromatic carbocycles. The highest BCUT2D eigenvalue weighted by Gasteiger charge is 2.34. The summed E-state index contributed by atoms with van der Waals surface area (Å²) in [5.41, 5.74) is 3.54. The third-order valence-corrected chi connectivity index (χ3v) is 5.28. The summed E-state index contributed by atoms with van der Waals surface area (Å²) < 4.78 is 13.5. The SMILES string of the molecule is CC1=C(C(=O)Nc2ccccc2)C(c2ccc(F)cc2)NC(=S)N1c1ccccc1. The lowest BCUT2D eigenvalue weighted by atomic mass is 9.94. The van der Waals surface area contributed by atoms with Gasteiger partial charge in [0.1, 0.15) is 5.82 Å². The van der Waals surface area contributed by atoms with Gasteiger partial charge in [-0.25, -0.2) is 4.39 Å². The number of thiocarbonyl (C=S) groups is 1. The molecular formula is C24H20FN3OS. The monoisotopic (exact) mass is 417 g/mol. The molecule has 0 fully saturated rings. The van der Waals surface area contributed by atoms with Crippen LogP contribution in [0.2, 0.25) is 0 Å². The smallest absolute Gasteiger partial charge is 0.255 e. The molecular weight excluding hydrogens is 397 g/mol. The summed E-state index contributed by atoms with van der Waals surface area (Å²) in [5.74, 6) is -0.581. The van der Waals surface area contributed by atoms with Gasteiger partial charge >= 0.3 is 0 Å². The van der Waals surface area contributed by atoms with Crippen LogP contribution < -0.4 is 15.5 Å². The summed E-state index contributed by atoms with van der Waals surface area (Å²) >= 11 is 5.63. The number of para-hydroxylation sites is 2. The van der Waals surface area contributed by atoms with Gasteiger partial charge in [-0.05, 0) is 61.1 Å². The molecule has 6 heteroatoms. The first-order chi connectivity index (χ1) is 14.5. The van der Waals surface area contributed by atoms with Gasteiger partial charge in [0.2, 0.25) is 0 Å². The number of carbonyl (C=O) groups is 1. The van der Waals surface area contributed by atoms with E-state index in [0.717, 1.165) is 11.3 Å². The molecule has 1 atom stereocenters. The topological polar surface area (TPSA) is 44.4 Å². The van der Waals surface area contributed by atoms with Gasteiger partial charge in [-0.2, -0.15) is 0 Å². The third kappa shape index (κ3) is 3.95. The van der Waals surface area contributed by atoms with Crippen LogP contribution in [0.15, 0.2) is 96.2 Å². The van der Waals surface area contributed by atoms with Crippen LogP contribution in [0.25, 0.3) is 0 Å². The minimum Gasteiger partial charge on any atom is -0.351 e. The van der Waals surface area contributed by atoms with Gasteiger partial charge in [0.05, 0.1) is 11.6 Å². The number of allylic oxidation sites excluding steroid dienone is 1. The molecule has 1 heterocycles. The van der Waals surface area contributed by atoms with E-state index in [2.05, 4.69) is 10.6 Å². The molecule has 30 heavy (non-hydrogen) atoms. The van der Waals surface area contributed by atoms with Gasteiger partial charge in [-0.1, -0.05) is 48.5 Å². The number of hydrogen-bond donors (Lipinski definition) is 2. The molecule has 2 N–H and O–H groups in total. The van der Waals surface area contributed by atoms with E-state index in [4.69, 9.17) is 12.2 Å². The predicted molar refractivity (Wildman–Crippen MR) is 122 cm³/mol. The lowest BCUT2D eigenvalue weighted by Crippen LogP contribution is -2.48. The Balaban J connectivity index is 1.80. The van der Waals surface area contributed by atoms with Crippen molar-refractivity contribution in [2.45, 2.75) is 13.0 Å². The first kappa shape index (κ1) is 19.8. The van der Waals surface area contributed by atoms with E-state index < -0.39 is 6.04 Å². The lowest BCUT2D eigenvalue weighted by molar-refractivity contribution is -0.113. The van der Waals surface area contributed by atoms with Crippen LogP contribution >= 0.6 is 12.2 Å². The van der Waals surface area contributed by atoms with Gasteiger partial charge in [-0.3, -0.25) is 9.69 Å². The average molecular weight is 418 g/mol. The van der Waals surface area contributed by atoms with Crippen molar-refractivity contribution in [3.8, 4) is 0 Å². The number of nitrogens with zero attached hydrogens (tertiary/aromatic N) is 1. The highest BCUT2D eigenvalue weighted by atomic mass is 32.1. The minimum atomic E-state index is -0.498.